The lowest BCUT2D eigenvalue weighted by molar-refractivity contribution is 0.413. The van der Waals surface area contributed by atoms with Crippen molar-refractivity contribution in [1.82, 2.24) is 0 Å². The summed E-state index contributed by atoms with van der Waals surface area (Å²) in [6.07, 6.45) is 0. The zero-order chi connectivity index (χ0) is 8.43. The number of ether oxygens (including phenoxy) is 1. The van der Waals surface area contributed by atoms with E-state index < -0.39 is 0 Å². The van der Waals surface area contributed by atoms with E-state index >= 15 is 0 Å². The first-order valence-electron chi connectivity index (χ1n) is 3.25. The molecule has 0 radical (unpaired) electrons. The van der Waals surface area contributed by atoms with Crippen molar-refractivity contribution in [2.45, 2.75) is 6.92 Å². The van der Waals surface area contributed by atoms with Gasteiger partial charge < -0.3 is 10.5 Å². The number of hydrogen-bond donors (Lipinski definition) is 1. The smallest absolute Gasteiger partial charge is 0.145 e. The average Bonchev–Trinajstić information content (AvgIpc) is 1.99. The van der Waals surface area contributed by atoms with Gasteiger partial charge in [-0.15, -0.1) is 0 Å². The Morgan fingerprint density at radius 1 is 1.45 bits per heavy atom. The normalized spacial score (nSPS) is 9.73. The van der Waals surface area contributed by atoms with Crippen molar-refractivity contribution in [3.8, 4) is 5.75 Å². The number of anilines is 1. The van der Waals surface area contributed by atoms with Crippen LogP contribution in [0.25, 0.3) is 0 Å². The van der Waals surface area contributed by atoms with Gasteiger partial charge in [0.25, 0.3) is 0 Å². The largest absolute Gasteiger partial charge is 0.494 e. The number of rotatable bonds is 1. The van der Waals surface area contributed by atoms with Crippen LogP contribution in [0, 0.1) is 6.92 Å². The van der Waals surface area contributed by atoms with E-state index in [-0.39, 0.29) is 0 Å². The monoisotopic (exact) mass is 215 g/mol. The third kappa shape index (κ3) is 1.48. The van der Waals surface area contributed by atoms with Crippen molar-refractivity contribution < 1.29 is 4.74 Å². The van der Waals surface area contributed by atoms with Gasteiger partial charge in [-0.3, -0.25) is 0 Å². The summed E-state index contributed by atoms with van der Waals surface area (Å²) in [5.41, 5.74) is 7.43. The molecular weight excluding hydrogens is 206 g/mol. The van der Waals surface area contributed by atoms with Crippen LogP contribution in [0.3, 0.4) is 0 Å². The maximum atomic E-state index is 5.72. The SMILES string of the molecule is COc1c(C)ccc(Br)c1N. The second kappa shape index (κ2) is 3.13. The highest BCUT2D eigenvalue weighted by atomic mass is 79.9. The molecule has 1 aromatic carbocycles. The van der Waals surface area contributed by atoms with Crippen molar-refractivity contribution in [2.75, 3.05) is 12.8 Å². The Balaban J connectivity index is 3.29. The molecular formula is C8H10BrNO. The molecule has 11 heavy (non-hydrogen) atoms. The van der Waals surface area contributed by atoms with Gasteiger partial charge in [0.15, 0.2) is 0 Å². The highest BCUT2D eigenvalue weighted by Gasteiger charge is 2.05. The molecule has 0 aliphatic carbocycles. The van der Waals surface area contributed by atoms with Crippen LogP contribution in [0.2, 0.25) is 0 Å². The van der Waals surface area contributed by atoms with Gasteiger partial charge in [0, 0.05) is 4.47 Å². The minimum atomic E-state index is 0.660. The van der Waals surface area contributed by atoms with Crippen molar-refractivity contribution in [1.29, 1.82) is 0 Å². The van der Waals surface area contributed by atoms with Crippen molar-refractivity contribution in [3.63, 3.8) is 0 Å². The Labute approximate surface area is 74.5 Å². The second-order valence-electron chi connectivity index (χ2n) is 2.31. The fourth-order valence-corrected chi connectivity index (χ4v) is 1.27. The molecule has 0 spiro atoms. The number of benzene rings is 1. The average molecular weight is 216 g/mol. The van der Waals surface area contributed by atoms with E-state index in [1.807, 2.05) is 19.1 Å². The van der Waals surface area contributed by atoms with E-state index in [0.717, 1.165) is 15.8 Å². The van der Waals surface area contributed by atoms with Crippen LogP contribution in [-0.4, -0.2) is 7.11 Å². The minimum absolute atomic E-state index is 0.660. The molecule has 0 saturated carbocycles. The Bertz CT molecular complexity index is 273. The van der Waals surface area contributed by atoms with Crippen LogP contribution in [0.5, 0.6) is 5.75 Å². The molecule has 0 aliphatic heterocycles. The van der Waals surface area contributed by atoms with Gasteiger partial charge in [0.1, 0.15) is 5.75 Å². The van der Waals surface area contributed by atoms with E-state index in [4.69, 9.17) is 10.5 Å². The molecule has 0 aliphatic rings. The molecule has 0 unspecified atom stereocenters. The lowest BCUT2D eigenvalue weighted by atomic mass is 10.2. The first kappa shape index (κ1) is 8.40. The Morgan fingerprint density at radius 3 is 2.55 bits per heavy atom. The van der Waals surface area contributed by atoms with Gasteiger partial charge in [-0.2, -0.15) is 0 Å². The molecule has 0 atom stereocenters. The van der Waals surface area contributed by atoms with Gasteiger partial charge >= 0.3 is 0 Å². The minimum Gasteiger partial charge on any atom is -0.494 e. The maximum absolute atomic E-state index is 5.72. The third-order valence-electron chi connectivity index (χ3n) is 1.54. The van der Waals surface area contributed by atoms with Crippen molar-refractivity contribution >= 4 is 21.6 Å². The highest BCUT2D eigenvalue weighted by Crippen LogP contribution is 2.32. The Morgan fingerprint density at radius 2 is 2.09 bits per heavy atom. The van der Waals surface area contributed by atoms with Crippen LogP contribution in [0.1, 0.15) is 5.56 Å². The van der Waals surface area contributed by atoms with Crippen LogP contribution < -0.4 is 10.5 Å². The number of aryl methyl sites for hydroxylation is 1. The summed E-state index contributed by atoms with van der Waals surface area (Å²) < 4.78 is 5.98. The van der Waals surface area contributed by atoms with Gasteiger partial charge in [-0.25, -0.2) is 0 Å². The topological polar surface area (TPSA) is 35.2 Å². The molecule has 1 rings (SSSR count). The molecule has 2 nitrogen and oxygen atoms in total. The third-order valence-corrected chi connectivity index (χ3v) is 2.24. The molecule has 60 valence electrons. The van der Waals surface area contributed by atoms with E-state index in [9.17, 15) is 0 Å². The summed E-state index contributed by atoms with van der Waals surface area (Å²) in [5, 5.41) is 0. The summed E-state index contributed by atoms with van der Waals surface area (Å²) in [7, 11) is 1.62. The predicted molar refractivity (Wildman–Crippen MR) is 49.8 cm³/mol. The summed E-state index contributed by atoms with van der Waals surface area (Å²) >= 11 is 3.32. The first-order chi connectivity index (χ1) is 5.16. The number of nitrogen functional groups attached to an aromatic ring is 1. The molecule has 3 heteroatoms. The molecule has 0 fully saturated rings. The summed E-state index contributed by atoms with van der Waals surface area (Å²) in [4.78, 5) is 0. The molecule has 2 N–H and O–H groups in total. The van der Waals surface area contributed by atoms with Crippen molar-refractivity contribution in [2.24, 2.45) is 0 Å². The van der Waals surface area contributed by atoms with Crippen LogP contribution in [0.15, 0.2) is 16.6 Å². The van der Waals surface area contributed by atoms with E-state index in [2.05, 4.69) is 15.9 Å². The van der Waals surface area contributed by atoms with Crippen LogP contribution in [0.4, 0.5) is 5.69 Å². The maximum Gasteiger partial charge on any atom is 0.145 e. The molecule has 0 saturated heterocycles. The fourth-order valence-electron chi connectivity index (χ4n) is 0.955. The molecule has 0 bridgehead atoms. The van der Waals surface area contributed by atoms with Crippen LogP contribution in [-0.2, 0) is 0 Å². The highest BCUT2D eigenvalue weighted by molar-refractivity contribution is 9.10. The number of halogens is 1. The molecule has 0 heterocycles. The zero-order valence-electron chi connectivity index (χ0n) is 6.52. The van der Waals surface area contributed by atoms with Gasteiger partial charge in [-0.1, -0.05) is 6.07 Å². The van der Waals surface area contributed by atoms with E-state index in [1.165, 1.54) is 0 Å². The molecule has 0 amide bonds. The van der Waals surface area contributed by atoms with Gasteiger partial charge in [-0.05, 0) is 34.5 Å². The molecule has 1 aromatic rings. The lowest BCUT2D eigenvalue weighted by Gasteiger charge is -2.08. The summed E-state index contributed by atoms with van der Waals surface area (Å²) in [6.45, 7) is 1.96. The van der Waals surface area contributed by atoms with Crippen molar-refractivity contribution in [3.05, 3.63) is 22.2 Å². The molecule has 0 aromatic heterocycles. The predicted octanol–water partition coefficient (Wildman–Crippen LogP) is 2.35. The first-order valence-corrected chi connectivity index (χ1v) is 4.04. The standard InChI is InChI=1S/C8H10BrNO/c1-5-3-4-6(9)7(10)8(5)11-2/h3-4H,10H2,1-2H3. The van der Waals surface area contributed by atoms with E-state index in [1.54, 1.807) is 7.11 Å². The Kier molecular flexibility index (Phi) is 2.39. The summed E-state index contributed by atoms with van der Waals surface area (Å²) in [5.74, 6) is 0.749. The zero-order valence-corrected chi connectivity index (χ0v) is 8.10. The van der Waals surface area contributed by atoms with Gasteiger partial charge in [0.05, 0.1) is 12.8 Å². The number of nitrogens with two attached hydrogens (primary N) is 1. The second-order valence-corrected chi connectivity index (χ2v) is 3.17. The summed E-state index contributed by atoms with van der Waals surface area (Å²) in [6, 6.07) is 3.87. The number of hydrogen-bond acceptors (Lipinski definition) is 2. The number of methoxy groups -OCH3 is 1. The van der Waals surface area contributed by atoms with E-state index in [0.29, 0.717) is 5.69 Å². The van der Waals surface area contributed by atoms with Gasteiger partial charge in [0.2, 0.25) is 0 Å². The quantitative estimate of drug-likeness (QED) is 0.731. The fraction of sp³-hybridized carbons (Fsp3) is 0.250. The Hall–Kier alpha value is -0.700. The lowest BCUT2D eigenvalue weighted by Crippen LogP contribution is -1.95. The van der Waals surface area contributed by atoms with Crippen LogP contribution >= 0.6 is 15.9 Å².